The molecule has 1 aromatic rings. The SMILES string of the molecule is CCCN(CC1CCCNC1)c1cc(Br)cc(C#N)c1. The van der Waals surface area contributed by atoms with Gasteiger partial charge in [-0.15, -0.1) is 0 Å². The van der Waals surface area contributed by atoms with Crippen molar-refractivity contribution in [3.63, 3.8) is 0 Å². The second-order valence-electron chi connectivity index (χ2n) is 5.47. The summed E-state index contributed by atoms with van der Waals surface area (Å²) in [6, 6.07) is 8.23. The lowest BCUT2D eigenvalue weighted by Gasteiger charge is -2.31. The van der Waals surface area contributed by atoms with Crippen molar-refractivity contribution in [3.8, 4) is 6.07 Å². The Balaban J connectivity index is 2.14. The molecule has 1 aliphatic rings. The molecule has 1 aromatic carbocycles. The van der Waals surface area contributed by atoms with Gasteiger partial charge < -0.3 is 10.2 Å². The van der Waals surface area contributed by atoms with Crippen molar-refractivity contribution in [1.82, 2.24) is 5.32 Å². The fourth-order valence-corrected chi connectivity index (χ4v) is 3.29. The van der Waals surface area contributed by atoms with Gasteiger partial charge in [0.25, 0.3) is 0 Å². The number of halogens is 1. The highest BCUT2D eigenvalue weighted by Gasteiger charge is 2.17. The summed E-state index contributed by atoms with van der Waals surface area (Å²) in [7, 11) is 0. The molecule has 4 heteroatoms. The van der Waals surface area contributed by atoms with Crippen molar-refractivity contribution in [1.29, 1.82) is 5.26 Å². The van der Waals surface area contributed by atoms with Gasteiger partial charge in [-0.2, -0.15) is 5.26 Å². The lowest BCUT2D eigenvalue weighted by Crippen LogP contribution is -2.38. The van der Waals surface area contributed by atoms with Crippen molar-refractivity contribution < 1.29 is 0 Å². The molecule has 0 bridgehead atoms. The van der Waals surface area contributed by atoms with Gasteiger partial charge >= 0.3 is 0 Å². The first-order valence-electron chi connectivity index (χ1n) is 7.39. The van der Waals surface area contributed by atoms with Crippen LogP contribution in [0, 0.1) is 17.2 Å². The van der Waals surface area contributed by atoms with E-state index in [1.807, 2.05) is 12.1 Å². The van der Waals surface area contributed by atoms with Crippen LogP contribution in [0.1, 0.15) is 31.7 Å². The van der Waals surface area contributed by atoms with Crippen LogP contribution in [0.15, 0.2) is 22.7 Å². The quantitative estimate of drug-likeness (QED) is 0.894. The topological polar surface area (TPSA) is 39.1 Å². The molecular formula is C16H22BrN3. The zero-order valence-corrected chi connectivity index (χ0v) is 13.6. The summed E-state index contributed by atoms with van der Waals surface area (Å²) in [6.45, 7) is 6.58. The average molecular weight is 336 g/mol. The van der Waals surface area contributed by atoms with Crippen LogP contribution >= 0.6 is 15.9 Å². The third kappa shape index (κ3) is 4.22. The number of anilines is 1. The van der Waals surface area contributed by atoms with E-state index in [4.69, 9.17) is 5.26 Å². The van der Waals surface area contributed by atoms with Crippen molar-refractivity contribution in [3.05, 3.63) is 28.2 Å². The molecule has 1 fully saturated rings. The van der Waals surface area contributed by atoms with Crippen molar-refractivity contribution >= 4 is 21.6 Å². The smallest absolute Gasteiger partial charge is 0.0992 e. The minimum atomic E-state index is 0.708. The number of piperidine rings is 1. The fourth-order valence-electron chi connectivity index (χ4n) is 2.81. The van der Waals surface area contributed by atoms with Gasteiger partial charge in [0, 0.05) is 23.2 Å². The van der Waals surface area contributed by atoms with Crippen molar-refractivity contribution in [2.75, 3.05) is 31.1 Å². The first kappa shape index (κ1) is 15.3. The van der Waals surface area contributed by atoms with Crippen LogP contribution in [-0.4, -0.2) is 26.2 Å². The zero-order valence-electron chi connectivity index (χ0n) is 12.0. The molecule has 1 heterocycles. The van der Waals surface area contributed by atoms with E-state index in [-0.39, 0.29) is 0 Å². The molecule has 0 aromatic heterocycles. The van der Waals surface area contributed by atoms with Gasteiger partial charge in [-0.05, 0) is 56.5 Å². The van der Waals surface area contributed by atoms with E-state index in [2.05, 4.69) is 45.2 Å². The Morgan fingerprint density at radius 3 is 2.95 bits per heavy atom. The number of rotatable bonds is 5. The molecular weight excluding hydrogens is 314 g/mol. The molecule has 1 atom stereocenters. The van der Waals surface area contributed by atoms with Crippen LogP contribution in [0.5, 0.6) is 0 Å². The van der Waals surface area contributed by atoms with E-state index in [0.29, 0.717) is 5.92 Å². The Kier molecular flexibility index (Phi) is 5.87. The van der Waals surface area contributed by atoms with Crippen LogP contribution < -0.4 is 10.2 Å². The van der Waals surface area contributed by atoms with E-state index in [9.17, 15) is 0 Å². The summed E-state index contributed by atoms with van der Waals surface area (Å²) in [6.07, 6.45) is 3.69. The number of nitriles is 1. The maximum atomic E-state index is 9.12. The molecule has 3 nitrogen and oxygen atoms in total. The molecule has 1 aliphatic heterocycles. The second-order valence-corrected chi connectivity index (χ2v) is 6.38. The Morgan fingerprint density at radius 2 is 2.30 bits per heavy atom. The molecule has 2 rings (SSSR count). The van der Waals surface area contributed by atoms with Gasteiger partial charge in [-0.1, -0.05) is 22.9 Å². The third-order valence-electron chi connectivity index (χ3n) is 3.75. The average Bonchev–Trinajstić information content (AvgIpc) is 2.47. The van der Waals surface area contributed by atoms with Gasteiger partial charge in [0.15, 0.2) is 0 Å². The number of benzene rings is 1. The lowest BCUT2D eigenvalue weighted by molar-refractivity contribution is 0.376. The standard InChI is InChI=1S/C16H22BrN3/c1-2-6-20(12-13-4-3-5-19-11-13)16-8-14(10-18)7-15(17)9-16/h7-9,13,19H,2-6,11-12H2,1H3. The van der Waals surface area contributed by atoms with Crippen LogP contribution in [0.2, 0.25) is 0 Å². The largest absolute Gasteiger partial charge is 0.371 e. The number of nitrogens with zero attached hydrogens (tertiary/aromatic N) is 2. The molecule has 0 aliphatic carbocycles. The maximum absolute atomic E-state index is 9.12. The molecule has 108 valence electrons. The molecule has 1 saturated heterocycles. The van der Waals surface area contributed by atoms with E-state index in [0.717, 1.165) is 48.3 Å². The molecule has 0 saturated carbocycles. The predicted molar refractivity (Wildman–Crippen MR) is 87.0 cm³/mol. The van der Waals surface area contributed by atoms with E-state index in [1.54, 1.807) is 0 Å². The van der Waals surface area contributed by atoms with Gasteiger partial charge in [0.2, 0.25) is 0 Å². The highest BCUT2D eigenvalue weighted by Crippen LogP contribution is 2.25. The number of nitrogens with one attached hydrogen (secondary N) is 1. The first-order valence-corrected chi connectivity index (χ1v) is 8.18. The van der Waals surface area contributed by atoms with Gasteiger partial charge in [0.05, 0.1) is 11.6 Å². The highest BCUT2D eigenvalue weighted by atomic mass is 79.9. The summed E-state index contributed by atoms with van der Waals surface area (Å²) < 4.78 is 0.981. The molecule has 1 unspecified atom stereocenters. The summed E-state index contributed by atoms with van der Waals surface area (Å²) >= 11 is 3.51. The van der Waals surface area contributed by atoms with Crippen molar-refractivity contribution in [2.24, 2.45) is 5.92 Å². The number of hydrogen-bond donors (Lipinski definition) is 1. The fraction of sp³-hybridized carbons (Fsp3) is 0.562. The predicted octanol–water partition coefficient (Wildman–Crippen LogP) is 3.54. The molecule has 0 radical (unpaired) electrons. The Labute approximate surface area is 130 Å². The van der Waals surface area contributed by atoms with Crippen LogP contribution in [-0.2, 0) is 0 Å². The summed E-state index contributed by atoms with van der Waals surface area (Å²) in [5.41, 5.74) is 1.88. The molecule has 1 N–H and O–H groups in total. The monoisotopic (exact) mass is 335 g/mol. The van der Waals surface area contributed by atoms with Crippen LogP contribution in [0.3, 0.4) is 0 Å². The first-order chi connectivity index (χ1) is 9.72. The second kappa shape index (κ2) is 7.66. The normalized spacial score (nSPS) is 18.6. The molecule has 20 heavy (non-hydrogen) atoms. The number of hydrogen-bond acceptors (Lipinski definition) is 3. The van der Waals surface area contributed by atoms with Gasteiger partial charge in [-0.3, -0.25) is 0 Å². The highest BCUT2D eigenvalue weighted by molar-refractivity contribution is 9.10. The van der Waals surface area contributed by atoms with E-state index >= 15 is 0 Å². The van der Waals surface area contributed by atoms with E-state index in [1.165, 1.54) is 12.8 Å². The Morgan fingerprint density at radius 1 is 1.45 bits per heavy atom. The van der Waals surface area contributed by atoms with Crippen LogP contribution in [0.25, 0.3) is 0 Å². The molecule has 0 spiro atoms. The van der Waals surface area contributed by atoms with E-state index < -0.39 is 0 Å². The lowest BCUT2D eigenvalue weighted by atomic mass is 9.98. The Hall–Kier alpha value is -1.05. The molecule has 0 amide bonds. The zero-order chi connectivity index (χ0) is 14.4. The summed E-state index contributed by atoms with van der Waals surface area (Å²) in [4.78, 5) is 2.42. The minimum Gasteiger partial charge on any atom is -0.371 e. The summed E-state index contributed by atoms with van der Waals surface area (Å²) in [5.74, 6) is 0.708. The van der Waals surface area contributed by atoms with Crippen molar-refractivity contribution in [2.45, 2.75) is 26.2 Å². The minimum absolute atomic E-state index is 0.708. The maximum Gasteiger partial charge on any atom is 0.0992 e. The third-order valence-corrected chi connectivity index (χ3v) is 4.21. The summed E-state index contributed by atoms with van der Waals surface area (Å²) in [5, 5.41) is 12.6. The van der Waals surface area contributed by atoms with Crippen LogP contribution in [0.4, 0.5) is 5.69 Å². The van der Waals surface area contributed by atoms with Gasteiger partial charge in [-0.25, -0.2) is 0 Å². The Bertz CT molecular complexity index is 475. The van der Waals surface area contributed by atoms with Gasteiger partial charge in [0.1, 0.15) is 0 Å².